The molecule has 0 aromatic rings. The minimum atomic E-state index is 0.781. The van der Waals surface area contributed by atoms with E-state index >= 15 is 0 Å². The molecule has 2 aliphatic rings. The van der Waals surface area contributed by atoms with Gasteiger partial charge in [-0.05, 0) is 58.5 Å². The van der Waals surface area contributed by atoms with Crippen molar-refractivity contribution >= 4 is 0 Å². The average Bonchev–Trinajstić information content (AvgIpc) is 3.11. The van der Waals surface area contributed by atoms with Crippen LogP contribution in [0.2, 0.25) is 0 Å². The summed E-state index contributed by atoms with van der Waals surface area (Å²) in [7, 11) is 0. The molecule has 2 nitrogen and oxygen atoms in total. The Hall–Kier alpha value is -0.0800. The van der Waals surface area contributed by atoms with Crippen molar-refractivity contribution in [3.63, 3.8) is 0 Å². The van der Waals surface area contributed by atoms with Crippen LogP contribution < -0.4 is 5.32 Å². The van der Waals surface area contributed by atoms with Gasteiger partial charge in [0.05, 0.1) is 0 Å². The van der Waals surface area contributed by atoms with Crippen LogP contribution >= 0.6 is 0 Å². The van der Waals surface area contributed by atoms with Crippen molar-refractivity contribution in [2.45, 2.75) is 76.9 Å². The third-order valence-electron chi connectivity index (χ3n) is 4.10. The van der Waals surface area contributed by atoms with Gasteiger partial charge >= 0.3 is 0 Å². The predicted octanol–water partition coefficient (Wildman–Crippen LogP) is 2.78. The molecule has 0 radical (unpaired) electrons. The van der Waals surface area contributed by atoms with Crippen LogP contribution in [0.4, 0.5) is 0 Å². The summed E-state index contributed by atoms with van der Waals surface area (Å²) in [6.07, 6.45) is 9.77. The molecule has 0 bridgehead atoms. The number of nitrogens with zero attached hydrogens (tertiary/aromatic N) is 1. The van der Waals surface area contributed by atoms with Crippen LogP contribution in [0.25, 0.3) is 0 Å². The lowest BCUT2D eigenvalue weighted by atomic mass is 9.98. The van der Waals surface area contributed by atoms with Gasteiger partial charge in [0, 0.05) is 18.1 Å². The second kappa shape index (κ2) is 6.02. The van der Waals surface area contributed by atoms with Crippen molar-refractivity contribution < 1.29 is 0 Å². The van der Waals surface area contributed by atoms with Gasteiger partial charge in [-0.25, -0.2) is 0 Å². The Bertz CT molecular complexity index is 195. The highest BCUT2D eigenvalue weighted by Gasteiger charge is 2.32. The third-order valence-corrected chi connectivity index (χ3v) is 4.10. The number of hydrogen-bond donors (Lipinski definition) is 1. The van der Waals surface area contributed by atoms with Crippen molar-refractivity contribution in [3.05, 3.63) is 0 Å². The van der Waals surface area contributed by atoms with Crippen LogP contribution in [-0.4, -0.2) is 36.1 Å². The Morgan fingerprint density at radius 2 is 2.06 bits per heavy atom. The van der Waals surface area contributed by atoms with Gasteiger partial charge in [0.2, 0.25) is 0 Å². The van der Waals surface area contributed by atoms with E-state index in [4.69, 9.17) is 0 Å². The van der Waals surface area contributed by atoms with E-state index in [-0.39, 0.29) is 0 Å². The maximum atomic E-state index is 3.68. The van der Waals surface area contributed by atoms with Crippen molar-refractivity contribution in [1.29, 1.82) is 0 Å². The first kappa shape index (κ1) is 12.4. The van der Waals surface area contributed by atoms with E-state index in [1.54, 1.807) is 0 Å². The van der Waals surface area contributed by atoms with E-state index in [1.807, 2.05) is 0 Å². The van der Waals surface area contributed by atoms with Crippen LogP contribution in [0, 0.1) is 0 Å². The largest absolute Gasteiger partial charge is 0.314 e. The van der Waals surface area contributed by atoms with Gasteiger partial charge in [-0.1, -0.05) is 13.3 Å². The first-order valence-electron chi connectivity index (χ1n) is 7.30. The van der Waals surface area contributed by atoms with Crippen molar-refractivity contribution in [1.82, 2.24) is 10.2 Å². The summed E-state index contributed by atoms with van der Waals surface area (Å²) >= 11 is 0. The molecule has 1 N–H and O–H groups in total. The van der Waals surface area contributed by atoms with Gasteiger partial charge < -0.3 is 5.32 Å². The van der Waals surface area contributed by atoms with Crippen LogP contribution in [0.1, 0.15) is 58.8 Å². The Morgan fingerprint density at radius 1 is 1.25 bits per heavy atom. The van der Waals surface area contributed by atoms with Gasteiger partial charge in [-0.2, -0.15) is 0 Å². The zero-order valence-electron chi connectivity index (χ0n) is 11.0. The maximum absolute atomic E-state index is 3.68. The van der Waals surface area contributed by atoms with E-state index in [0.29, 0.717) is 0 Å². The molecule has 1 saturated heterocycles. The molecule has 2 fully saturated rings. The standard InChI is InChI=1S/C14H28N2/c1-3-10-16(14-7-8-14)12(2)11-13-6-4-5-9-15-13/h12-15H,3-11H2,1-2H3. The molecule has 1 saturated carbocycles. The molecule has 2 rings (SSSR count). The molecular formula is C14H28N2. The lowest BCUT2D eigenvalue weighted by molar-refractivity contribution is 0.170. The smallest absolute Gasteiger partial charge is 0.00992 e. The van der Waals surface area contributed by atoms with Crippen molar-refractivity contribution in [3.8, 4) is 0 Å². The van der Waals surface area contributed by atoms with E-state index in [9.17, 15) is 0 Å². The average molecular weight is 224 g/mol. The van der Waals surface area contributed by atoms with Crippen LogP contribution in [0.15, 0.2) is 0 Å². The molecule has 0 aromatic carbocycles. The SMILES string of the molecule is CCCN(C(C)CC1CCCCN1)C1CC1. The molecule has 0 amide bonds. The van der Waals surface area contributed by atoms with E-state index in [1.165, 1.54) is 58.0 Å². The Labute approximate surface area is 101 Å². The highest BCUT2D eigenvalue weighted by molar-refractivity contribution is 4.89. The molecule has 1 aliphatic carbocycles. The number of rotatable bonds is 6. The summed E-state index contributed by atoms with van der Waals surface area (Å²) in [5.74, 6) is 0. The molecule has 1 heterocycles. The van der Waals surface area contributed by atoms with Crippen molar-refractivity contribution in [2.75, 3.05) is 13.1 Å². The first-order chi connectivity index (χ1) is 7.81. The zero-order chi connectivity index (χ0) is 11.4. The molecule has 2 atom stereocenters. The number of nitrogens with one attached hydrogen (secondary N) is 1. The lowest BCUT2D eigenvalue weighted by Gasteiger charge is -2.33. The molecule has 0 spiro atoms. The van der Waals surface area contributed by atoms with Crippen molar-refractivity contribution in [2.24, 2.45) is 0 Å². The summed E-state index contributed by atoms with van der Waals surface area (Å²) in [5.41, 5.74) is 0. The van der Waals surface area contributed by atoms with Gasteiger partial charge in [-0.3, -0.25) is 4.90 Å². The number of hydrogen-bond acceptors (Lipinski definition) is 2. The van der Waals surface area contributed by atoms with Gasteiger partial charge in [0.1, 0.15) is 0 Å². The van der Waals surface area contributed by atoms with Crippen LogP contribution in [-0.2, 0) is 0 Å². The van der Waals surface area contributed by atoms with E-state index < -0.39 is 0 Å². The summed E-state index contributed by atoms with van der Waals surface area (Å²) in [6.45, 7) is 7.29. The first-order valence-corrected chi connectivity index (χ1v) is 7.30. The summed E-state index contributed by atoms with van der Waals surface area (Å²) in [6, 6.07) is 2.50. The summed E-state index contributed by atoms with van der Waals surface area (Å²) in [5, 5.41) is 3.68. The fourth-order valence-electron chi connectivity index (χ4n) is 3.10. The summed E-state index contributed by atoms with van der Waals surface area (Å²) < 4.78 is 0. The Balaban J connectivity index is 1.77. The minimum Gasteiger partial charge on any atom is -0.314 e. The fraction of sp³-hybridized carbons (Fsp3) is 1.00. The Morgan fingerprint density at radius 3 is 2.62 bits per heavy atom. The maximum Gasteiger partial charge on any atom is 0.00992 e. The van der Waals surface area contributed by atoms with Gasteiger partial charge in [0.15, 0.2) is 0 Å². The molecule has 0 aromatic heterocycles. The molecule has 2 heteroatoms. The fourth-order valence-corrected chi connectivity index (χ4v) is 3.10. The number of piperidine rings is 1. The molecule has 16 heavy (non-hydrogen) atoms. The van der Waals surface area contributed by atoms with Crippen LogP contribution in [0.5, 0.6) is 0 Å². The van der Waals surface area contributed by atoms with Gasteiger partial charge in [-0.15, -0.1) is 0 Å². The third kappa shape index (κ3) is 3.46. The molecular weight excluding hydrogens is 196 g/mol. The zero-order valence-corrected chi connectivity index (χ0v) is 11.0. The predicted molar refractivity (Wildman–Crippen MR) is 69.7 cm³/mol. The Kier molecular flexibility index (Phi) is 4.66. The van der Waals surface area contributed by atoms with Crippen LogP contribution in [0.3, 0.4) is 0 Å². The van der Waals surface area contributed by atoms with Gasteiger partial charge in [0.25, 0.3) is 0 Å². The molecule has 1 aliphatic heterocycles. The highest BCUT2D eigenvalue weighted by atomic mass is 15.2. The molecule has 94 valence electrons. The highest BCUT2D eigenvalue weighted by Crippen LogP contribution is 2.30. The lowest BCUT2D eigenvalue weighted by Crippen LogP contribution is -2.43. The quantitative estimate of drug-likeness (QED) is 0.746. The second-order valence-electron chi connectivity index (χ2n) is 5.70. The second-order valence-corrected chi connectivity index (χ2v) is 5.70. The monoisotopic (exact) mass is 224 g/mol. The molecule has 2 unspecified atom stereocenters. The van der Waals surface area contributed by atoms with E-state index in [0.717, 1.165) is 18.1 Å². The topological polar surface area (TPSA) is 15.3 Å². The minimum absolute atomic E-state index is 0.781. The van der Waals surface area contributed by atoms with E-state index in [2.05, 4.69) is 24.1 Å². The summed E-state index contributed by atoms with van der Waals surface area (Å²) in [4.78, 5) is 2.76. The normalized spacial score (nSPS) is 28.3.